The summed E-state index contributed by atoms with van der Waals surface area (Å²) in [5.41, 5.74) is 11.4. The molecule has 0 radical (unpaired) electrons. The first-order valence-corrected chi connectivity index (χ1v) is 16.7. The van der Waals surface area contributed by atoms with Crippen molar-refractivity contribution in [2.45, 2.75) is 51.9 Å². The maximum absolute atomic E-state index is 2.42. The van der Waals surface area contributed by atoms with Crippen molar-refractivity contribution in [2.24, 2.45) is 5.92 Å². The van der Waals surface area contributed by atoms with Gasteiger partial charge in [0.05, 0.1) is 0 Å². The number of allylic oxidation sites excluding steroid dienone is 25. The summed E-state index contributed by atoms with van der Waals surface area (Å²) in [7, 11) is 0. The van der Waals surface area contributed by atoms with Crippen molar-refractivity contribution in [3.8, 4) is 0 Å². The summed E-state index contributed by atoms with van der Waals surface area (Å²) in [5, 5.41) is 2.72. The third-order valence-corrected chi connectivity index (χ3v) is 9.10. The molecule has 0 saturated carbocycles. The fourth-order valence-electron chi connectivity index (χ4n) is 6.86. The van der Waals surface area contributed by atoms with Gasteiger partial charge in [-0.15, -0.1) is 0 Å². The Bertz CT molecular complexity index is 1810. The highest BCUT2D eigenvalue weighted by Crippen LogP contribution is 2.44. The molecule has 224 valence electrons. The Labute approximate surface area is 270 Å². The van der Waals surface area contributed by atoms with Crippen molar-refractivity contribution >= 4 is 28.0 Å². The Kier molecular flexibility index (Phi) is 10.4. The van der Waals surface area contributed by atoms with Gasteiger partial charge in [-0.1, -0.05) is 165 Å². The molecule has 0 bridgehead atoms. The minimum atomic E-state index is 0.307. The summed E-state index contributed by atoms with van der Waals surface area (Å²) in [6, 6.07) is 9.15. The molecule has 0 nitrogen and oxygen atoms in total. The predicted octanol–water partition coefficient (Wildman–Crippen LogP) is 12.5. The number of fused-ring (bicyclic) bond motifs is 2. The molecule has 0 heterocycles. The van der Waals surface area contributed by atoms with Gasteiger partial charge in [0.1, 0.15) is 0 Å². The van der Waals surface area contributed by atoms with Crippen molar-refractivity contribution in [1.29, 1.82) is 0 Å². The molecule has 0 aromatic heterocycles. The van der Waals surface area contributed by atoms with Crippen LogP contribution in [0.2, 0.25) is 0 Å². The highest BCUT2D eigenvalue weighted by atomic mass is 14.3. The van der Waals surface area contributed by atoms with Gasteiger partial charge in [0.15, 0.2) is 0 Å². The van der Waals surface area contributed by atoms with E-state index in [9.17, 15) is 0 Å². The molecule has 0 fully saturated rings. The van der Waals surface area contributed by atoms with Gasteiger partial charge < -0.3 is 0 Å². The molecule has 0 heteroatoms. The van der Waals surface area contributed by atoms with Crippen LogP contribution in [0.1, 0.15) is 67.7 Å². The standard InChI is InChI=1S/C45H44/c1-35-23-13-7-5-6-10-18-28-39(35)45-42-31-21-19-29-40(42)44(41-30-20-22-32-43(41)45)38-27-17-12-11-16-26-37(33-34-38)36-24-14-8-3-2-4-9-15-25-36/h2-5,7-14,16-21,23-24,26-31,35H,6,15,22,25,32-34H2,1H3/b3-2-,7-5-,9-4+,14-8-,16-11-,17-12-,18-10-,23-13-,36-24+,37-26-,38-27-,39-28+. The lowest BCUT2D eigenvalue weighted by Gasteiger charge is -2.27. The van der Waals surface area contributed by atoms with E-state index < -0.39 is 0 Å². The Morgan fingerprint density at radius 2 is 1.13 bits per heavy atom. The van der Waals surface area contributed by atoms with Crippen LogP contribution in [0.3, 0.4) is 0 Å². The molecular formula is C45H44. The van der Waals surface area contributed by atoms with Crippen LogP contribution in [-0.2, 0) is 6.42 Å². The first-order chi connectivity index (χ1) is 22.3. The summed E-state index contributed by atoms with van der Waals surface area (Å²) >= 11 is 0. The Hall–Kier alpha value is -4.68. The zero-order valence-corrected chi connectivity index (χ0v) is 26.5. The molecule has 45 heavy (non-hydrogen) atoms. The highest BCUT2D eigenvalue weighted by molar-refractivity contribution is 6.05. The van der Waals surface area contributed by atoms with Gasteiger partial charge in [0, 0.05) is 0 Å². The van der Waals surface area contributed by atoms with E-state index in [0.717, 1.165) is 44.9 Å². The van der Waals surface area contributed by atoms with Crippen LogP contribution in [0, 0.1) is 5.92 Å². The smallest absolute Gasteiger partial charge is 0.000106 e. The molecule has 0 N–H and O–H groups in total. The van der Waals surface area contributed by atoms with E-state index in [-0.39, 0.29) is 0 Å². The Morgan fingerprint density at radius 1 is 0.511 bits per heavy atom. The second-order valence-corrected chi connectivity index (χ2v) is 12.1. The zero-order chi connectivity index (χ0) is 30.7. The van der Waals surface area contributed by atoms with Crippen molar-refractivity contribution in [3.05, 3.63) is 185 Å². The van der Waals surface area contributed by atoms with Crippen LogP contribution in [0.15, 0.2) is 163 Å². The topological polar surface area (TPSA) is 0 Å². The maximum Gasteiger partial charge on any atom is -0.000106 e. The van der Waals surface area contributed by atoms with Crippen LogP contribution in [0.5, 0.6) is 0 Å². The molecule has 0 saturated heterocycles. The van der Waals surface area contributed by atoms with Gasteiger partial charge >= 0.3 is 0 Å². The van der Waals surface area contributed by atoms with Crippen LogP contribution < -0.4 is 0 Å². The predicted molar refractivity (Wildman–Crippen MR) is 199 cm³/mol. The number of rotatable bonds is 3. The average molecular weight is 585 g/mol. The van der Waals surface area contributed by atoms with Crippen LogP contribution >= 0.6 is 0 Å². The minimum absolute atomic E-state index is 0.307. The van der Waals surface area contributed by atoms with Gasteiger partial charge in [0.2, 0.25) is 0 Å². The Morgan fingerprint density at radius 3 is 1.96 bits per heavy atom. The van der Waals surface area contributed by atoms with E-state index in [0.29, 0.717) is 5.92 Å². The Balaban J connectivity index is 1.48. The summed E-state index contributed by atoms with van der Waals surface area (Å²) < 4.78 is 0. The maximum atomic E-state index is 2.42. The van der Waals surface area contributed by atoms with Gasteiger partial charge in [-0.2, -0.15) is 0 Å². The van der Waals surface area contributed by atoms with Crippen LogP contribution in [-0.4, -0.2) is 0 Å². The molecule has 2 aromatic carbocycles. The van der Waals surface area contributed by atoms with E-state index in [4.69, 9.17) is 0 Å². The highest BCUT2D eigenvalue weighted by Gasteiger charge is 2.24. The fraction of sp³-hybridized carbons (Fsp3) is 0.200. The molecule has 0 amide bonds. The van der Waals surface area contributed by atoms with Crippen LogP contribution in [0.4, 0.5) is 0 Å². The molecule has 4 aliphatic rings. The van der Waals surface area contributed by atoms with Crippen molar-refractivity contribution in [2.75, 3.05) is 0 Å². The first-order valence-electron chi connectivity index (χ1n) is 16.7. The molecule has 1 atom stereocenters. The third kappa shape index (κ3) is 7.35. The van der Waals surface area contributed by atoms with Gasteiger partial charge in [-0.25, -0.2) is 0 Å². The number of benzene rings is 2. The average Bonchev–Trinajstić information content (AvgIpc) is 3.08. The minimum Gasteiger partial charge on any atom is -0.0842 e. The third-order valence-electron chi connectivity index (χ3n) is 9.10. The fourth-order valence-corrected chi connectivity index (χ4v) is 6.86. The van der Waals surface area contributed by atoms with E-state index in [2.05, 4.69) is 165 Å². The molecule has 0 aliphatic heterocycles. The van der Waals surface area contributed by atoms with Gasteiger partial charge in [-0.3, -0.25) is 0 Å². The molecular weight excluding hydrogens is 540 g/mol. The second-order valence-electron chi connectivity index (χ2n) is 12.1. The van der Waals surface area contributed by atoms with Crippen molar-refractivity contribution in [3.63, 3.8) is 0 Å². The lowest BCUT2D eigenvalue weighted by Crippen LogP contribution is -2.09. The van der Waals surface area contributed by atoms with Crippen molar-refractivity contribution in [1.82, 2.24) is 0 Å². The number of hydrogen-bond acceptors (Lipinski definition) is 0. The molecule has 6 rings (SSSR count). The molecule has 4 aliphatic carbocycles. The SMILES string of the molecule is CC1/C=C\C=C/C/C=C\C=C/1c1c2c(c(\C3=C/C=C\C=C/C=C(\C4=C\C=C/C=C\C=C\CC4)CC3)c3ccccc13)C=CCC2. The monoisotopic (exact) mass is 584 g/mol. The quantitative estimate of drug-likeness (QED) is 0.337. The summed E-state index contributed by atoms with van der Waals surface area (Å²) in [6.45, 7) is 2.34. The lowest BCUT2D eigenvalue weighted by atomic mass is 9.76. The largest absolute Gasteiger partial charge is 0.0842 e. The van der Waals surface area contributed by atoms with Gasteiger partial charge in [-0.05, 0) is 106 Å². The normalized spacial score (nSPS) is 30.6. The molecule has 2 aromatic rings. The summed E-state index contributed by atoms with van der Waals surface area (Å²) in [4.78, 5) is 0. The van der Waals surface area contributed by atoms with Crippen LogP contribution in [0.25, 0.3) is 28.0 Å². The van der Waals surface area contributed by atoms with Crippen molar-refractivity contribution < 1.29 is 0 Å². The zero-order valence-electron chi connectivity index (χ0n) is 26.5. The second kappa shape index (κ2) is 15.4. The number of hydrogen-bond donors (Lipinski definition) is 0. The first kappa shape index (κ1) is 30.4. The summed E-state index contributed by atoms with van der Waals surface area (Å²) in [5.74, 6) is 0.307. The lowest BCUT2D eigenvalue weighted by molar-refractivity contribution is 0.920. The van der Waals surface area contributed by atoms with E-state index in [1.807, 2.05) is 0 Å². The van der Waals surface area contributed by atoms with Gasteiger partial charge in [0.25, 0.3) is 0 Å². The van der Waals surface area contributed by atoms with E-state index in [1.165, 1.54) is 55.3 Å². The van der Waals surface area contributed by atoms with E-state index >= 15 is 0 Å². The molecule has 1 unspecified atom stereocenters. The summed E-state index contributed by atoms with van der Waals surface area (Å²) in [6.07, 6.45) is 56.6. The van der Waals surface area contributed by atoms with E-state index in [1.54, 1.807) is 0 Å². The molecule has 0 spiro atoms.